The minimum Gasteiger partial charge on any atom is -0.491 e. The second kappa shape index (κ2) is 9.69. The molecule has 0 saturated heterocycles. The first-order valence-corrected chi connectivity index (χ1v) is 10.9. The minimum absolute atomic E-state index is 0.212. The van der Waals surface area contributed by atoms with E-state index in [4.69, 9.17) is 4.74 Å². The number of carboxylic acid groups (broad SMARTS) is 1. The molecule has 0 saturated carbocycles. The molecule has 1 aliphatic heterocycles. The van der Waals surface area contributed by atoms with Crippen molar-refractivity contribution >= 4 is 11.9 Å². The average Bonchev–Trinajstić information content (AvgIpc) is 2.97. The Kier molecular flexibility index (Phi) is 6.68. The standard InChI is InChI=1S/C26H22F3NO5/c1-2-20-18(4-3-5-21(20)25(32)33)15-30-12-13-34-23-11-8-17(14-22(23)24(30)31)16-6-9-19(10-7-16)35-26(27,28)29/h3-11,14H,2,12-13,15H2,1H3,(H,32,33). The molecule has 3 aromatic carbocycles. The summed E-state index contributed by atoms with van der Waals surface area (Å²) >= 11 is 0. The Bertz CT molecular complexity index is 1250. The number of ether oxygens (including phenoxy) is 2. The minimum atomic E-state index is -4.78. The summed E-state index contributed by atoms with van der Waals surface area (Å²) < 4.78 is 47.0. The molecular weight excluding hydrogens is 463 g/mol. The molecule has 1 heterocycles. The molecule has 0 unspecified atom stereocenters. The molecule has 0 bridgehead atoms. The summed E-state index contributed by atoms with van der Waals surface area (Å²) in [4.78, 5) is 26.7. The van der Waals surface area contributed by atoms with E-state index in [1.807, 2.05) is 13.0 Å². The van der Waals surface area contributed by atoms with Gasteiger partial charge in [0.15, 0.2) is 0 Å². The molecule has 182 valence electrons. The lowest BCUT2D eigenvalue weighted by atomic mass is 9.98. The number of halogens is 3. The lowest BCUT2D eigenvalue weighted by Crippen LogP contribution is -2.32. The van der Waals surface area contributed by atoms with Crippen molar-refractivity contribution in [3.63, 3.8) is 0 Å². The molecule has 0 atom stereocenters. The first kappa shape index (κ1) is 24.1. The van der Waals surface area contributed by atoms with Gasteiger partial charge in [0, 0.05) is 6.54 Å². The van der Waals surface area contributed by atoms with Crippen molar-refractivity contribution in [1.82, 2.24) is 4.90 Å². The number of carbonyl (C=O) groups excluding carboxylic acids is 1. The Balaban J connectivity index is 1.62. The Morgan fingerprint density at radius 2 is 1.80 bits per heavy atom. The molecule has 1 aliphatic rings. The van der Waals surface area contributed by atoms with Crippen LogP contribution >= 0.6 is 0 Å². The number of fused-ring (bicyclic) bond motifs is 1. The van der Waals surface area contributed by atoms with Gasteiger partial charge in [-0.2, -0.15) is 0 Å². The fourth-order valence-electron chi connectivity index (χ4n) is 4.15. The smallest absolute Gasteiger partial charge is 0.491 e. The number of amides is 1. The predicted octanol–water partition coefficient (Wildman–Crippen LogP) is 5.55. The molecule has 35 heavy (non-hydrogen) atoms. The van der Waals surface area contributed by atoms with Gasteiger partial charge >= 0.3 is 12.3 Å². The summed E-state index contributed by atoms with van der Waals surface area (Å²) in [6.45, 7) is 2.67. The van der Waals surface area contributed by atoms with E-state index >= 15 is 0 Å². The van der Waals surface area contributed by atoms with Gasteiger partial charge in [0.2, 0.25) is 0 Å². The highest BCUT2D eigenvalue weighted by Gasteiger charge is 2.31. The van der Waals surface area contributed by atoms with Crippen LogP contribution in [-0.2, 0) is 13.0 Å². The molecule has 0 aliphatic carbocycles. The van der Waals surface area contributed by atoms with Crippen molar-refractivity contribution in [2.24, 2.45) is 0 Å². The second-order valence-corrected chi connectivity index (χ2v) is 7.96. The predicted molar refractivity (Wildman–Crippen MR) is 122 cm³/mol. The molecule has 9 heteroatoms. The first-order valence-electron chi connectivity index (χ1n) is 10.9. The number of aromatic carboxylic acids is 1. The maximum Gasteiger partial charge on any atom is 0.573 e. The number of nitrogens with zero attached hydrogens (tertiary/aromatic N) is 1. The lowest BCUT2D eigenvalue weighted by Gasteiger charge is -2.22. The summed E-state index contributed by atoms with van der Waals surface area (Å²) in [5.41, 5.74) is 3.19. The number of hydrogen-bond donors (Lipinski definition) is 1. The normalized spacial score (nSPS) is 13.6. The number of rotatable bonds is 6. The summed E-state index contributed by atoms with van der Waals surface area (Å²) in [6, 6.07) is 15.4. The van der Waals surface area contributed by atoms with Crippen molar-refractivity contribution in [3.05, 3.63) is 82.9 Å². The molecule has 1 amide bonds. The van der Waals surface area contributed by atoms with Crippen LogP contribution in [0.15, 0.2) is 60.7 Å². The van der Waals surface area contributed by atoms with E-state index in [1.54, 1.807) is 35.2 Å². The van der Waals surface area contributed by atoms with Gasteiger partial charge in [-0.3, -0.25) is 4.79 Å². The zero-order valence-electron chi connectivity index (χ0n) is 18.8. The quantitative estimate of drug-likeness (QED) is 0.496. The molecule has 1 N–H and O–H groups in total. The van der Waals surface area contributed by atoms with Crippen molar-refractivity contribution in [2.45, 2.75) is 26.3 Å². The largest absolute Gasteiger partial charge is 0.573 e. The van der Waals surface area contributed by atoms with Gasteiger partial charge in [-0.05, 0) is 59.0 Å². The van der Waals surface area contributed by atoms with Gasteiger partial charge in [-0.25, -0.2) is 4.79 Å². The SMILES string of the molecule is CCc1c(CN2CCOc3ccc(-c4ccc(OC(F)(F)F)cc4)cc3C2=O)cccc1C(=O)O. The van der Waals surface area contributed by atoms with Gasteiger partial charge in [-0.15, -0.1) is 13.2 Å². The molecule has 3 aromatic rings. The molecule has 0 radical (unpaired) electrons. The second-order valence-electron chi connectivity index (χ2n) is 7.96. The Morgan fingerprint density at radius 3 is 2.46 bits per heavy atom. The first-order chi connectivity index (χ1) is 16.7. The van der Waals surface area contributed by atoms with Crippen LogP contribution < -0.4 is 9.47 Å². The molecule has 4 rings (SSSR count). The highest BCUT2D eigenvalue weighted by atomic mass is 19.4. The molecule has 0 spiro atoms. The topological polar surface area (TPSA) is 76.1 Å². The van der Waals surface area contributed by atoms with Crippen LogP contribution in [0.3, 0.4) is 0 Å². The molecular formula is C26H22F3NO5. The number of benzene rings is 3. The number of hydrogen-bond acceptors (Lipinski definition) is 4. The highest BCUT2D eigenvalue weighted by molar-refractivity contribution is 5.98. The Hall–Kier alpha value is -4.01. The number of carboxylic acids is 1. The Labute approximate surface area is 199 Å². The van der Waals surface area contributed by atoms with Crippen LogP contribution in [0.1, 0.15) is 38.8 Å². The zero-order valence-corrected chi connectivity index (χ0v) is 18.8. The maximum absolute atomic E-state index is 13.4. The molecule has 6 nitrogen and oxygen atoms in total. The van der Waals surface area contributed by atoms with Gasteiger partial charge < -0.3 is 19.5 Å². The Morgan fingerprint density at radius 1 is 1.09 bits per heavy atom. The average molecular weight is 485 g/mol. The summed E-state index contributed by atoms with van der Waals surface area (Å²) in [7, 11) is 0. The van der Waals surface area contributed by atoms with Crippen molar-refractivity contribution in [3.8, 4) is 22.6 Å². The fraction of sp³-hybridized carbons (Fsp3) is 0.231. The highest BCUT2D eigenvalue weighted by Crippen LogP contribution is 2.32. The molecule has 0 fully saturated rings. The summed E-state index contributed by atoms with van der Waals surface area (Å²) in [5.74, 6) is -1.22. The summed E-state index contributed by atoms with van der Waals surface area (Å²) in [6.07, 6.45) is -4.27. The van der Waals surface area contributed by atoms with E-state index < -0.39 is 12.3 Å². The van der Waals surface area contributed by atoms with E-state index in [0.717, 1.165) is 5.56 Å². The van der Waals surface area contributed by atoms with Gasteiger partial charge in [-0.1, -0.05) is 37.3 Å². The van der Waals surface area contributed by atoms with Crippen LogP contribution in [-0.4, -0.2) is 41.4 Å². The number of alkyl halides is 3. The zero-order chi connectivity index (χ0) is 25.2. The van der Waals surface area contributed by atoms with Gasteiger partial charge in [0.25, 0.3) is 5.91 Å². The number of carbonyl (C=O) groups is 2. The maximum atomic E-state index is 13.4. The van der Waals surface area contributed by atoms with Crippen LogP contribution in [0.5, 0.6) is 11.5 Å². The monoisotopic (exact) mass is 485 g/mol. The third kappa shape index (κ3) is 5.40. The van der Waals surface area contributed by atoms with Gasteiger partial charge in [0.1, 0.15) is 18.1 Å². The third-order valence-corrected chi connectivity index (χ3v) is 5.76. The van der Waals surface area contributed by atoms with Crippen molar-refractivity contribution < 1.29 is 37.3 Å². The van der Waals surface area contributed by atoms with E-state index in [-0.39, 0.29) is 30.4 Å². The van der Waals surface area contributed by atoms with Crippen molar-refractivity contribution in [2.75, 3.05) is 13.2 Å². The van der Waals surface area contributed by atoms with Crippen LogP contribution in [0.25, 0.3) is 11.1 Å². The van der Waals surface area contributed by atoms with Crippen molar-refractivity contribution in [1.29, 1.82) is 0 Å². The third-order valence-electron chi connectivity index (χ3n) is 5.76. The fourth-order valence-corrected chi connectivity index (χ4v) is 4.15. The van der Waals surface area contributed by atoms with E-state index in [0.29, 0.717) is 41.0 Å². The van der Waals surface area contributed by atoms with Crippen LogP contribution in [0.4, 0.5) is 13.2 Å². The van der Waals surface area contributed by atoms with Crippen LogP contribution in [0, 0.1) is 0 Å². The van der Waals surface area contributed by atoms with Crippen LogP contribution in [0.2, 0.25) is 0 Å². The van der Waals surface area contributed by atoms with Gasteiger partial charge in [0.05, 0.1) is 17.7 Å². The van der Waals surface area contributed by atoms with E-state index in [2.05, 4.69) is 4.74 Å². The molecule has 0 aromatic heterocycles. The van der Waals surface area contributed by atoms with E-state index in [1.165, 1.54) is 24.3 Å². The van der Waals surface area contributed by atoms with E-state index in [9.17, 15) is 27.9 Å². The summed E-state index contributed by atoms with van der Waals surface area (Å²) in [5, 5.41) is 9.50. The lowest BCUT2D eigenvalue weighted by molar-refractivity contribution is -0.274.